The third-order valence-corrected chi connectivity index (χ3v) is 3.40. The first-order chi connectivity index (χ1) is 10.4. The van der Waals surface area contributed by atoms with Crippen LogP contribution >= 0.6 is 0 Å². The Labute approximate surface area is 127 Å². The van der Waals surface area contributed by atoms with Crippen LogP contribution in [0.4, 0.5) is 5.69 Å². The van der Waals surface area contributed by atoms with E-state index in [1.165, 1.54) is 23.2 Å². The zero-order valence-corrected chi connectivity index (χ0v) is 12.4. The Kier molecular flexibility index (Phi) is 4.67. The molecule has 22 heavy (non-hydrogen) atoms. The van der Waals surface area contributed by atoms with Crippen molar-refractivity contribution in [3.8, 4) is 0 Å². The van der Waals surface area contributed by atoms with E-state index in [-0.39, 0.29) is 11.6 Å². The molecule has 1 N–H and O–H groups in total. The molecule has 0 aliphatic carbocycles. The molecule has 7 nitrogen and oxygen atoms in total. The molecule has 2 rings (SSSR count). The van der Waals surface area contributed by atoms with Gasteiger partial charge in [0.25, 0.3) is 11.6 Å². The summed E-state index contributed by atoms with van der Waals surface area (Å²) in [5, 5.41) is 20.7. The Balaban J connectivity index is 2.42. The third-order valence-electron chi connectivity index (χ3n) is 3.40. The van der Waals surface area contributed by atoms with Crippen molar-refractivity contribution in [2.45, 2.75) is 19.4 Å². The quantitative estimate of drug-likeness (QED) is 0.673. The number of nitrogens with zero attached hydrogens (tertiary/aromatic N) is 3. The normalized spacial score (nSPS) is 12.1. The van der Waals surface area contributed by atoms with Crippen molar-refractivity contribution in [1.29, 1.82) is 0 Å². The van der Waals surface area contributed by atoms with Crippen molar-refractivity contribution in [2.75, 3.05) is 13.6 Å². The maximum atomic E-state index is 12.5. The highest BCUT2D eigenvalue weighted by Crippen LogP contribution is 2.27. The summed E-state index contributed by atoms with van der Waals surface area (Å²) in [6, 6.07) is 5.92. The highest BCUT2D eigenvalue weighted by atomic mass is 16.6. The zero-order chi connectivity index (χ0) is 16.3. The van der Waals surface area contributed by atoms with E-state index < -0.39 is 11.0 Å². The number of hydrogen-bond donors (Lipinski definition) is 1. The molecular formula is C15H17N3O4. The topological polar surface area (TPSA) is 96.6 Å². The first-order valence-electron chi connectivity index (χ1n) is 6.87. The van der Waals surface area contributed by atoms with Crippen LogP contribution in [0.5, 0.6) is 0 Å². The molecule has 1 amide bonds. The van der Waals surface area contributed by atoms with Crippen molar-refractivity contribution in [2.24, 2.45) is 0 Å². The van der Waals surface area contributed by atoms with E-state index in [4.69, 9.17) is 0 Å². The average molecular weight is 303 g/mol. The van der Waals surface area contributed by atoms with Crippen LogP contribution in [0.1, 0.15) is 23.7 Å². The van der Waals surface area contributed by atoms with Crippen molar-refractivity contribution in [3.05, 3.63) is 46.1 Å². The van der Waals surface area contributed by atoms with E-state index in [0.717, 1.165) is 0 Å². The fourth-order valence-corrected chi connectivity index (χ4v) is 2.18. The number of amides is 1. The molecular weight excluding hydrogens is 286 g/mol. The van der Waals surface area contributed by atoms with Crippen molar-refractivity contribution < 1.29 is 14.8 Å². The molecule has 0 radical (unpaired) electrons. The SMILES string of the molecule is CC(O)CCN(C)C(=O)c1ccc([N+](=O)[O-])c2cccnc12. The number of rotatable bonds is 5. The van der Waals surface area contributed by atoms with E-state index in [2.05, 4.69) is 4.98 Å². The van der Waals surface area contributed by atoms with Crippen LogP contribution < -0.4 is 0 Å². The molecule has 1 aromatic carbocycles. The van der Waals surface area contributed by atoms with Gasteiger partial charge in [0, 0.05) is 25.9 Å². The standard InChI is InChI=1S/C15H17N3O4/c1-10(19)7-9-17(2)15(20)12-5-6-13(18(21)22)11-4-3-8-16-14(11)12/h3-6,8,10,19H,7,9H2,1-2H3. The summed E-state index contributed by atoms with van der Waals surface area (Å²) in [6.07, 6.45) is 1.46. The number of carbonyl (C=O) groups excluding carboxylic acids is 1. The Bertz CT molecular complexity index is 715. The summed E-state index contributed by atoms with van der Waals surface area (Å²) in [7, 11) is 1.63. The van der Waals surface area contributed by atoms with E-state index in [1.54, 1.807) is 26.1 Å². The Morgan fingerprint density at radius 1 is 1.45 bits per heavy atom. The van der Waals surface area contributed by atoms with Crippen LogP contribution in [-0.2, 0) is 0 Å². The minimum absolute atomic E-state index is 0.0775. The van der Waals surface area contributed by atoms with Crippen molar-refractivity contribution >= 4 is 22.5 Å². The van der Waals surface area contributed by atoms with Gasteiger partial charge in [-0.05, 0) is 31.5 Å². The minimum atomic E-state index is -0.498. The number of nitro benzene ring substituents is 1. The molecule has 1 heterocycles. The lowest BCUT2D eigenvalue weighted by atomic mass is 10.1. The smallest absolute Gasteiger partial charge is 0.278 e. The Morgan fingerprint density at radius 2 is 2.18 bits per heavy atom. The van der Waals surface area contributed by atoms with Gasteiger partial charge in [-0.2, -0.15) is 0 Å². The third kappa shape index (κ3) is 3.20. The fourth-order valence-electron chi connectivity index (χ4n) is 2.18. The van der Waals surface area contributed by atoms with E-state index in [0.29, 0.717) is 29.4 Å². The number of nitro groups is 1. The molecule has 0 bridgehead atoms. The van der Waals surface area contributed by atoms with Gasteiger partial charge in [0.2, 0.25) is 0 Å². The molecule has 116 valence electrons. The van der Waals surface area contributed by atoms with E-state index in [9.17, 15) is 20.0 Å². The zero-order valence-electron chi connectivity index (χ0n) is 12.4. The molecule has 1 aromatic heterocycles. The number of carbonyl (C=O) groups is 1. The van der Waals surface area contributed by atoms with Gasteiger partial charge in [-0.1, -0.05) is 0 Å². The first-order valence-corrected chi connectivity index (χ1v) is 6.87. The minimum Gasteiger partial charge on any atom is -0.393 e. The monoisotopic (exact) mass is 303 g/mol. The van der Waals surface area contributed by atoms with E-state index >= 15 is 0 Å². The molecule has 0 aliphatic rings. The van der Waals surface area contributed by atoms with Crippen LogP contribution in [0.3, 0.4) is 0 Å². The number of pyridine rings is 1. The number of benzene rings is 1. The summed E-state index contributed by atoms with van der Waals surface area (Å²) in [4.78, 5) is 28.7. The molecule has 0 saturated heterocycles. The molecule has 7 heteroatoms. The lowest BCUT2D eigenvalue weighted by molar-refractivity contribution is -0.383. The number of hydrogen-bond acceptors (Lipinski definition) is 5. The largest absolute Gasteiger partial charge is 0.393 e. The van der Waals surface area contributed by atoms with Gasteiger partial charge in [0.15, 0.2) is 0 Å². The van der Waals surface area contributed by atoms with Gasteiger partial charge in [-0.3, -0.25) is 19.9 Å². The highest BCUT2D eigenvalue weighted by molar-refractivity contribution is 6.07. The molecule has 1 unspecified atom stereocenters. The molecule has 2 aromatic rings. The van der Waals surface area contributed by atoms with Gasteiger partial charge >= 0.3 is 0 Å². The second-order valence-corrected chi connectivity index (χ2v) is 5.15. The summed E-state index contributed by atoms with van der Waals surface area (Å²) >= 11 is 0. The lowest BCUT2D eigenvalue weighted by Gasteiger charge is -2.18. The number of aliphatic hydroxyl groups is 1. The second kappa shape index (κ2) is 6.48. The summed E-state index contributed by atoms with van der Waals surface area (Å²) in [5.41, 5.74) is 0.547. The Morgan fingerprint density at radius 3 is 2.82 bits per heavy atom. The second-order valence-electron chi connectivity index (χ2n) is 5.15. The van der Waals surface area contributed by atoms with Crippen LogP contribution in [0.2, 0.25) is 0 Å². The number of non-ortho nitro benzene ring substituents is 1. The molecule has 0 spiro atoms. The van der Waals surface area contributed by atoms with Gasteiger partial charge in [-0.15, -0.1) is 0 Å². The van der Waals surface area contributed by atoms with Crippen molar-refractivity contribution in [1.82, 2.24) is 9.88 Å². The van der Waals surface area contributed by atoms with Gasteiger partial charge in [0.1, 0.15) is 0 Å². The molecule has 0 aliphatic heterocycles. The number of fused-ring (bicyclic) bond motifs is 1. The molecule has 0 saturated carbocycles. The predicted molar refractivity (Wildman–Crippen MR) is 81.7 cm³/mol. The fraction of sp³-hybridized carbons (Fsp3) is 0.333. The number of aliphatic hydroxyl groups excluding tert-OH is 1. The number of aromatic nitrogens is 1. The van der Waals surface area contributed by atoms with Crippen LogP contribution in [0.25, 0.3) is 10.9 Å². The van der Waals surface area contributed by atoms with Gasteiger partial charge in [0.05, 0.1) is 27.5 Å². The van der Waals surface area contributed by atoms with Crippen LogP contribution in [0, 0.1) is 10.1 Å². The van der Waals surface area contributed by atoms with Crippen molar-refractivity contribution in [3.63, 3.8) is 0 Å². The predicted octanol–water partition coefficient (Wildman–Crippen LogP) is 1.99. The first kappa shape index (κ1) is 15.8. The Hall–Kier alpha value is -2.54. The summed E-state index contributed by atoms with van der Waals surface area (Å²) in [6.45, 7) is 2.04. The lowest BCUT2D eigenvalue weighted by Crippen LogP contribution is -2.29. The maximum Gasteiger partial charge on any atom is 0.278 e. The average Bonchev–Trinajstić information content (AvgIpc) is 2.50. The van der Waals surface area contributed by atoms with Gasteiger partial charge in [-0.25, -0.2) is 0 Å². The highest BCUT2D eigenvalue weighted by Gasteiger charge is 2.21. The van der Waals surface area contributed by atoms with E-state index in [1.807, 2.05) is 0 Å². The summed E-state index contributed by atoms with van der Waals surface area (Å²) in [5.74, 6) is -0.278. The van der Waals surface area contributed by atoms with Crippen LogP contribution in [-0.4, -0.2) is 45.5 Å². The summed E-state index contributed by atoms with van der Waals surface area (Å²) < 4.78 is 0. The maximum absolute atomic E-state index is 12.5. The molecule has 1 atom stereocenters. The molecule has 0 fully saturated rings. The van der Waals surface area contributed by atoms with Crippen LogP contribution in [0.15, 0.2) is 30.5 Å². The van der Waals surface area contributed by atoms with Gasteiger partial charge < -0.3 is 10.0 Å².